The van der Waals surface area contributed by atoms with Gasteiger partial charge in [-0.1, -0.05) is 0 Å². The second-order valence-electron chi connectivity index (χ2n) is 3.93. The number of aryl methyl sites for hydroxylation is 1. The molecule has 1 unspecified atom stereocenters. The Labute approximate surface area is 109 Å². The van der Waals surface area contributed by atoms with Crippen LogP contribution in [-0.2, 0) is 15.9 Å². The van der Waals surface area contributed by atoms with Crippen LogP contribution in [0.1, 0.15) is 48.8 Å². The van der Waals surface area contributed by atoms with Gasteiger partial charge in [0.05, 0.1) is 12.7 Å². The molecule has 1 heterocycles. The molecular weight excluding hydrogens is 260 g/mol. The molecule has 0 aliphatic heterocycles. The van der Waals surface area contributed by atoms with E-state index in [2.05, 4.69) is 9.72 Å². The smallest absolute Gasteiger partial charge is 0.376 e. The van der Waals surface area contributed by atoms with E-state index < -0.39 is 23.8 Å². The lowest BCUT2D eigenvalue weighted by Gasteiger charge is -2.06. The number of carbonyl (C=O) groups is 1. The number of methoxy groups -OCH3 is 1. The summed E-state index contributed by atoms with van der Waals surface area (Å²) in [4.78, 5) is 15.1. The largest absolute Gasteiger partial charge is 0.460 e. The van der Waals surface area contributed by atoms with Gasteiger partial charge < -0.3 is 13.9 Å². The van der Waals surface area contributed by atoms with E-state index in [0.29, 0.717) is 12.8 Å². The van der Waals surface area contributed by atoms with Crippen LogP contribution >= 0.6 is 0 Å². The second kappa shape index (κ2) is 7.18. The maximum Gasteiger partial charge on any atom is 0.376 e. The highest BCUT2D eigenvalue weighted by Crippen LogP contribution is 2.24. The van der Waals surface area contributed by atoms with E-state index in [-0.39, 0.29) is 18.6 Å². The summed E-state index contributed by atoms with van der Waals surface area (Å²) >= 11 is 0. The minimum absolute atomic E-state index is 0.0482. The number of esters is 1. The Morgan fingerprint density at radius 1 is 1.47 bits per heavy atom. The molecule has 1 aromatic rings. The number of hydrogen-bond donors (Lipinski definition) is 0. The lowest BCUT2D eigenvalue weighted by Crippen LogP contribution is -2.06. The molecule has 0 N–H and O–H groups in total. The molecule has 0 aromatic carbocycles. The Morgan fingerprint density at radius 2 is 2.16 bits per heavy atom. The van der Waals surface area contributed by atoms with Crippen LogP contribution in [-0.4, -0.2) is 30.8 Å². The number of oxazole rings is 1. The van der Waals surface area contributed by atoms with Crippen LogP contribution in [0.3, 0.4) is 0 Å². The van der Waals surface area contributed by atoms with E-state index in [1.165, 1.54) is 0 Å². The highest BCUT2D eigenvalue weighted by atomic mass is 19.3. The fourth-order valence-corrected chi connectivity index (χ4v) is 1.42. The molecule has 1 rings (SSSR count). The van der Waals surface area contributed by atoms with Gasteiger partial charge in [0.25, 0.3) is 6.43 Å². The normalized spacial score (nSPS) is 12.7. The van der Waals surface area contributed by atoms with E-state index in [9.17, 15) is 13.6 Å². The monoisotopic (exact) mass is 277 g/mol. The zero-order chi connectivity index (χ0) is 14.4. The molecule has 0 fully saturated rings. The summed E-state index contributed by atoms with van der Waals surface area (Å²) in [5.41, 5.74) is -0.668. The maximum atomic E-state index is 12.8. The Morgan fingerprint density at radius 3 is 2.68 bits per heavy atom. The first-order valence-electron chi connectivity index (χ1n) is 5.97. The fourth-order valence-electron chi connectivity index (χ4n) is 1.42. The summed E-state index contributed by atoms with van der Waals surface area (Å²) in [5.74, 6) is -1.35. The van der Waals surface area contributed by atoms with Crippen LogP contribution in [0.4, 0.5) is 8.78 Å². The summed E-state index contributed by atoms with van der Waals surface area (Å²) in [7, 11) is 1.55. The lowest BCUT2D eigenvalue weighted by molar-refractivity contribution is 0.0473. The van der Waals surface area contributed by atoms with E-state index in [4.69, 9.17) is 9.15 Å². The average Bonchev–Trinajstić information content (AvgIpc) is 2.80. The summed E-state index contributed by atoms with van der Waals surface area (Å²) < 4.78 is 40.2. The van der Waals surface area contributed by atoms with Gasteiger partial charge in [0.1, 0.15) is 0 Å². The summed E-state index contributed by atoms with van der Waals surface area (Å²) in [6, 6.07) is 0. The van der Waals surface area contributed by atoms with Crippen molar-refractivity contribution in [2.24, 2.45) is 0 Å². The fraction of sp³-hybridized carbons (Fsp3) is 0.667. The molecule has 0 bridgehead atoms. The molecule has 0 aliphatic rings. The molecule has 1 aromatic heterocycles. The quantitative estimate of drug-likeness (QED) is 0.717. The molecule has 5 nitrogen and oxygen atoms in total. The third-order valence-electron chi connectivity index (χ3n) is 2.53. The van der Waals surface area contributed by atoms with E-state index >= 15 is 0 Å². The van der Waals surface area contributed by atoms with Gasteiger partial charge >= 0.3 is 5.97 Å². The van der Waals surface area contributed by atoms with Crippen LogP contribution in [0.25, 0.3) is 0 Å². The van der Waals surface area contributed by atoms with E-state index in [1.807, 2.05) is 6.92 Å². The molecule has 1 atom stereocenters. The Kier molecular flexibility index (Phi) is 5.88. The minimum atomic E-state index is -2.88. The molecule has 0 saturated heterocycles. The van der Waals surface area contributed by atoms with Crippen LogP contribution in [0.5, 0.6) is 0 Å². The molecule has 108 valence electrons. The highest BCUT2D eigenvalue weighted by molar-refractivity contribution is 5.87. The number of nitrogens with zero attached hydrogens (tertiary/aromatic N) is 1. The Bertz CT molecular complexity index is 420. The molecule has 0 radical (unpaired) electrons. The van der Waals surface area contributed by atoms with Gasteiger partial charge in [-0.15, -0.1) is 0 Å². The molecule has 0 amide bonds. The third kappa shape index (κ3) is 4.27. The van der Waals surface area contributed by atoms with Crippen molar-refractivity contribution in [3.8, 4) is 0 Å². The topological polar surface area (TPSA) is 61.6 Å². The number of alkyl halides is 2. The van der Waals surface area contributed by atoms with E-state index in [0.717, 1.165) is 0 Å². The first-order valence-corrected chi connectivity index (χ1v) is 5.97. The number of rotatable bonds is 7. The van der Waals surface area contributed by atoms with Crippen molar-refractivity contribution < 1.29 is 27.5 Å². The maximum absolute atomic E-state index is 12.8. The van der Waals surface area contributed by atoms with Crippen LogP contribution in [0.2, 0.25) is 0 Å². The molecule has 0 saturated carbocycles. The molecule has 7 heteroatoms. The van der Waals surface area contributed by atoms with Gasteiger partial charge in [-0.25, -0.2) is 18.6 Å². The van der Waals surface area contributed by atoms with Crippen LogP contribution in [0.15, 0.2) is 4.42 Å². The van der Waals surface area contributed by atoms with Crippen molar-refractivity contribution in [1.29, 1.82) is 0 Å². The zero-order valence-electron chi connectivity index (χ0n) is 11.1. The van der Waals surface area contributed by atoms with Gasteiger partial charge in [0.2, 0.25) is 5.76 Å². The van der Waals surface area contributed by atoms with Crippen molar-refractivity contribution in [1.82, 2.24) is 4.98 Å². The molecule has 0 aliphatic carbocycles. The molecule has 0 spiro atoms. The second-order valence-corrected chi connectivity index (χ2v) is 3.93. The summed E-state index contributed by atoms with van der Waals surface area (Å²) in [6.07, 6.45) is -2.06. The first kappa shape index (κ1) is 15.6. The Hall–Kier alpha value is -1.50. The molecule has 19 heavy (non-hydrogen) atoms. The number of halogens is 2. The van der Waals surface area contributed by atoms with Crippen molar-refractivity contribution in [2.45, 2.75) is 39.2 Å². The van der Waals surface area contributed by atoms with Crippen molar-refractivity contribution >= 4 is 5.97 Å². The predicted molar refractivity (Wildman–Crippen MR) is 62.2 cm³/mol. The molecular formula is C12H17F2NO4. The third-order valence-corrected chi connectivity index (χ3v) is 2.53. The number of hydrogen-bond acceptors (Lipinski definition) is 5. The average molecular weight is 277 g/mol. The number of carbonyl (C=O) groups excluding carboxylic acids is 1. The summed E-state index contributed by atoms with van der Waals surface area (Å²) in [5, 5.41) is 0. The van der Waals surface area contributed by atoms with Gasteiger partial charge in [-0.3, -0.25) is 0 Å². The van der Waals surface area contributed by atoms with Gasteiger partial charge in [0, 0.05) is 13.5 Å². The predicted octanol–water partition coefficient (Wildman–Crippen LogP) is 2.76. The lowest BCUT2D eigenvalue weighted by atomic mass is 10.2. The van der Waals surface area contributed by atoms with Crippen LogP contribution < -0.4 is 0 Å². The Balaban J connectivity index is 2.85. The van der Waals surface area contributed by atoms with Crippen LogP contribution in [0, 0.1) is 0 Å². The minimum Gasteiger partial charge on any atom is -0.460 e. The van der Waals surface area contributed by atoms with Gasteiger partial charge in [0.15, 0.2) is 11.6 Å². The van der Waals surface area contributed by atoms with E-state index in [1.54, 1.807) is 14.0 Å². The standard InChI is InChI=1S/C12H17F2NO4/c1-4-18-12(16)10-9(11(13)14)15-8(19-10)6-5-7(2)17-3/h7,11H,4-6H2,1-3H3. The van der Waals surface area contributed by atoms with Gasteiger partial charge in [-0.2, -0.15) is 0 Å². The van der Waals surface area contributed by atoms with Gasteiger partial charge in [-0.05, 0) is 20.3 Å². The highest BCUT2D eigenvalue weighted by Gasteiger charge is 2.27. The van der Waals surface area contributed by atoms with Crippen molar-refractivity contribution in [3.05, 3.63) is 17.3 Å². The first-order chi connectivity index (χ1) is 8.99. The zero-order valence-corrected chi connectivity index (χ0v) is 11.1. The number of aromatic nitrogens is 1. The van der Waals surface area contributed by atoms with Crippen molar-refractivity contribution in [2.75, 3.05) is 13.7 Å². The summed E-state index contributed by atoms with van der Waals surface area (Å²) in [6.45, 7) is 3.50. The SMILES string of the molecule is CCOC(=O)c1oc(CCC(C)OC)nc1C(F)F. The number of ether oxygens (including phenoxy) is 2. The van der Waals surface area contributed by atoms with Crippen molar-refractivity contribution in [3.63, 3.8) is 0 Å².